The minimum atomic E-state index is -0.653. The molecule has 0 bridgehead atoms. The number of nitrogens with zero attached hydrogens (tertiary/aromatic N) is 2. The van der Waals surface area contributed by atoms with E-state index in [0.29, 0.717) is 0 Å². The summed E-state index contributed by atoms with van der Waals surface area (Å²) in [5.74, 6) is -0.840. The van der Waals surface area contributed by atoms with Crippen molar-refractivity contribution in [3.05, 3.63) is 0 Å². The van der Waals surface area contributed by atoms with Crippen molar-refractivity contribution in [3.63, 3.8) is 0 Å². The summed E-state index contributed by atoms with van der Waals surface area (Å²) < 4.78 is -0.653. The van der Waals surface area contributed by atoms with Crippen molar-refractivity contribution in [1.82, 2.24) is 9.80 Å². The highest BCUT2D eigenvalue weighted by atomic mass is 127. The largest absolute Gasteiger partial charge is 0.315 e. The molecule has 17 heavy (non-hydrogen) atoms. The predicted octanol–water partition coefficient (Wildman–Crippen LogP) is 2.74. The zero-order valence-corrected chi connectivity index (χ0v) is 15.3. The van der Waals surface area contributed by atoms with Crippen LogP contribution in [0.5, 0.6) is 0 Å². The predicted molar refractivity (Wildman–Crippen MR) is 84.0 cm³/mol. The Balaban J connectivity index is 3.34. The third-order valence-corrected chi connectivity index (χ3v) is 4.40. The normalized spacial score (nSPS) is 21.4. The van der Waals surface area contributed by atoms with Gasteiger partial charge in [-0.15, -0.1) is 0 Å². The summed E-state index contributed by atoms with van der Waals surface area (Å²) in [7, 11) is 0. The Morgan fingerprint density at radius 2 is 1.06 bits per heavy atom. The Morgan fingerprint density at radius 1 is 0.824 bits per heavy atom. The van der Waals surface area contributed by atoms with Gasteiger partial charge in [-0.05, 0) is 86.7 Å². The number of hydrogen-bond donors (Lipinski definition) is 0. The maximum Gasteiger partial charge on any atom is 0.315 e. The van der Waals surface area contributed by atoms with E-state index in [1.807, 2.05) is 41.5 Å². The lowest BCUT2D eigenvalue weighted by Gasteiger charge is -2.45. The van der Waals surface area contributed by atoms with E-state index in [2.05, 4.69) is 45.2 Å². The van der Waals surface area contributed by atoms with Crippen LogP contribution in [0.1, 0.15) is 41.5 Å². The maximum atomic E-state index is 12.1. The Morgan fingerprint density at radius 3 is 1.18 bits per heavy atom. The molecule has 1 rings (SSSR count). The van der Waals surface area contributed by atoms with Crippen LogP contribution in [-0.2, 0) is 9.59 Å². The van der Waals surface area contributed by atoms with Crippen LogP contribution in [0.4, 0.5) is 0 Å². The first kappa shape index (κ1) is 15.5. The zero-order chi connectivity index (χ0) is 13.8. The van der Waals surface area contributed by atoms with Crippen LogP contribution >= 0.6 is 45.2 Å². The van der Waals surface area contributed by atoms with Gasteiger partial charge in [0.2, 0.25) is 1.68 Å². The zero-order valence-electron chi connectivity index (χ0n) is 11.0. The Hall–Kier alpha value is 0.400. The molecule has 1 aliphatic heterocycles. The van der Waals surface area contributed by atoms with Crippen molar-refractivity contribution in [2.24, 2.45) is 0 Å². The summed E-state index contributed by atoms with van der Waals surface area (Å²) in [5.41, 5.74) is -0.760. The molecule has 0 aromatic carbocycles. The number of carbonyl (C=O) groups is 2. The summed E-state index contributed by atoms with van der Waals surface area (Å²) in [5, 5.41) is 0. The molecule has 0 radical (unpaired) electrons. The molecule has 0 aliphatic carbocycles. The van der Waals surface area contributed by atoms with E-state index < -0.39 is 13.5 Å². The molecule has 0 saturated carbocycles. The van der Waals surface area contributed by atoms with Crippen LogP contribution in [0, 0.1) is 0 Å². The minimum absolute atomic E-state index is 0.380. The number of halogens is 2. The molecular formula is C11H18I2N2O2. The first-order chi connectivity index (χ1) is 7.31. The standard InChI is InChI=1S/C11H18I2N2O2/c1-9(2,3)14-7(16)8(17)15(10(4,5)6)11(14,12)13/h1-6H3. The van der Waals surface area contributed by atoms with E-state index in [1.165, 1.54) is 0 Å². The molecule has 0 spiro atoms. The van der Waals surface area contributed by atoms with Gasteiger partial charge in [0.15, 0.2) is 0 Å². The van der Waals surface area contributed by atoms with Gasteiger partial charge in [0.05, 0.1) is 0 Å². The highest BCUT2D eigenvalue weighted by Crippen LogP contribution is 2.48. The SMILES string of the molecule is CC(C)(C)N1C(=O)C(=O)N(C(C)(C)C)C1(I)I. The molecule has 1 aliphatic rings. The lowest BCUT2D eigenvalue weighted by atomic mass is 10.1. The van der Waals surface area contributed by atoms with Gasteiger partial charge in [0.1, 0.15) is 0 Å². The molecule has 1 fully saturated rings. The fourth-order valence-corrected chi connectivity index (χ4v) is 5.72. The first-order valence-corrected chi connectivity index (χ1v) is 7.54. The third-order valence-electron chi connectivity index (χ3n) is 2.47. The maximum absolute atomic E-state index is 12.1. The van der Waals surface area contributed by atoms with Gasteiger partial charge in [0.25, 0.3) is 0 Å². The summed E-state index contributed by atoms with van der Waals surface area (Å²) in [6, 6.07) is 0. The van der Waals surface area contributed by atoms with Crippen LogP contribution in [0.15, 0.2) is 0 Å². The van der Waals surface area contributed by atoms with Crippen LogP contribution in [0.3, 0.4) is 0 Å². The number of hydrogen-bond acceptors (Lipinski definition) is 2. The van der Waals surface area contributed by atoms with Gasteiger partial charge >= 0.3 is 11.8 Å². The van der Waals surface area contributed by atoms with Gasteiger partial charge < -0.3 is 0 Å². The van der Waals surface area contributed by atoms with Gasteiger partial charge in [-0.1, -0.05) is 0 Å². The second kappa shape index (κ2) is 4.21. The minimum Gasteiger partial charge on any atom is -0.289 e. The van der Waals surface area contributed by atoms with E-state index in [4.69, 9.17) is 0 Å². The van der Waals surface area contributed by atoms with Crippen molar-refractivity contribution in [2.45, 2.75) is 54.3 Å². The van der Waals surface area contributed by atoms with Crippen molar-refractivity contribution >= 4 is 57.0 Å². The molecule has 98 valence electrons. The topological polar surface area (TPSA) is 40.6 Å². The van der Waals surface area contributed by atoms with E-state index >= 15 is 0 Å². The molecule has 1 heterocycles. The lowest BCUT2D eigenvalue weighted by molar-refractivity contribution is -0.146. The van der Waals surface area contributed by atoms with Gasteiger partial charge in [-0.3, -0.25) is 19.4 Å². The fourth-order valence-electron chi connectivity index (χ4n) is 1.95. The fraction of sp³-hybridized carbons (Fsp3) is 0.818. The summed E-state index contributed by atoms with van der Waals surface area (Å²) in [6.07, 6.45) is 0. The Kier molecular flexibility index (Phi) is 3.83. The molecule has 2 amide bonds. The molecule has 6 heteroatoms. The van der Waals surface area contributed by atoms with Crippen LogP contribution in [-0.4, -0.2) is 34.4 Å². The van der Waals surface area contributed by atoms with Crippen molar-refractivity contribution in [1.29, 1.82) is 0 Å². The van der Waals surface area contributed by atoms with Gasteiger partial charge in [-0.25, -0.2) is 0 Å². The number of amides is 2. The van der Waals surface area contributed by atoms with Gasteiger partial charge in [0, 0.05) is 11.1 Å². The second-order valence-corrected chi connectivity index (χ2v) is 11.2. The van der Waals surface area contributed by atoms with Crippen LogP contribution in [0.2, 0.25) is 0 Å². The monoisotopic (exact) mass is 464 g/mol. The van der Waals surface area contributed by atoms with Crippen molar-refractivity contribution < 1.29 is 9.59 Å². The van der Waals surface area contributed by atoms with Crippen LogP contribution in [0.25, 0.3) is 0 Å². The molecule has 1 saturated heterocycles. The summed E-state index contributed by atoms with van der Waals surface area (Å²) in [6.45, 7) is 11.6. The molecule has 4 nitrogen and oxygen atoms in total. The van der Waals surface area contributed by atoms with Gasteiger partial charge in [-0.2, -0.15) is 0 Å². The van der Waals surface area contributed by atoms with Crippen molar-refractivity contribution in [3.8, 4) is 0 Å². The van der Waals surface area contributed by atoms with E-state index in [-0.39, 0.29) is 11.1 Å². The lowest BCUT2D eigenvalue weighted by Crippen LogP contribution is -2.56. The van der Waals surface area contributed by atoms with E-state index in [1.54, 1.807) is 9.80 Å². The molecule has 0 aromatic rings. The molecule has 0 N–H and O–H groups in total. The highest BCUT2D eigenvalue weighted by molar-refractivity contribution is 14.2. The Labute approximate surface area is 130 Å². The second-order valence-electron chi connectivity index (χ2n) is 6.13. The highest BCUT2D eigenvalue weighted by Gasteiger charge is 2.60. The third kappa shape index (κ3) is 2.57. The molecule has 0 unspecified atom stereocenters. The summed E-state index contributed by atoms with van der Waals surface area (Å²) >= 11 is 4.34. The molecular weight excluding hydrogens is 446 g/mol. The molecule has 0 atom stereocenters. The quantitative estimate of drug-likeness (QED) is 0.240. The Bertz CT molecular complexity index is 333. The number of alkyl halides is 2. The van der Waals surface area contributed by atoms with E-state index in [0.717, 1.165) is 0 Å². The molecule has 0 aromatic heterocycles. The average Bonchev–Trinajstić information content (AvgIpc) is 2.13. The average molecular weight is 464 g/mol. The summed E-state index contributed by atoms with van der Waals surface area (Å²) in [4.78, 5) is 27.6. The number of rotatable bonds is 0. The smallest absolute Gasteiger partial charge is 0.289 e. The van der Waals surface area contributed by atoms with Crippen LogP contribution < -0.4 is 0 Å². The van der Waals surface area contributed by atoms with E-state index in [9.17, 15) is 9.59 Å². The first-order valence-electron chi connectivity index (χ1n) is 5.38. The number of carbonyl (C=O) groups excluding carboxylic acids is 2. The van der Waals surface area contributed by atoms with Crippen molar-refractivity contribution in [2.75, 3.05) is 0 Å².